The summed E-state index contributed by atoms with van der Waals surface area (Å²) in [6.45, 7) is 5.04. The minimum atomic E-state index is 0.0295. The molecule has 2 fully saturated rings. The monoisotopic (exact) mass is 355 g/mol. The molecule has 7 heteroatoms. The lowest BCUT2D eigenvalue weighted by Gasteiger charge is -2.36. The van der Waals surface area contributed by atoms with Gasteiger partial charge >= 0.3 is 0 Å². The van der Waals surface area contributed by atoms with E-state index in [-0.39, 0.29) is 11.8 Å². The second-order valence-electron chi connectivity index (χ2n) is 7.15. The van der Waals surface area contributed by atoms with Gasteiger partial charge in [0.1, 0.15) is 0 Å². The van der Waals surface area contributed by atoms with Gasteiger partial charge in [-0.05, 0) is 25.3 Å². The van der Waals surface area contributed by atoms with Crippen LogP contribution >= 0.6 is 0 Å². The number of benzene rings is 1. The molecule has 7 nitrogen and oxygen atoms in total. The molecule has 2 saturated heterocycles. The average molecular weight is 355 g/mol. The van der Waals surface area contributed by atoms with Gasteiger partial charge in [0, 0.05) is 44.7 Å². The largest absolute Gasteiger partial charge is 0.342 e. The van der Waals surface area contributed by atoms with Crippen molar-refractivity contribution in [3.63, 3.8) is 0 Å². The van der Waals surface area contributed by atoms with E-state index in [4.69, 9.17) is 0 Å². The normalized spacial score (nSPS) is 19.1. The van der Waals surface area contributed by atoms with Crippen molar-refractivity contribution in [2.24, 2.45) is 0 Å². The first-order chi connectivity index (χ1) is 12.7. The Morgan fingerprint density at radius 1 is 0.962 bits per heavy atom. The number of para-hydroxylation sites is 1. The highest BCUT2D eigenvalue weighted by Gasteiger charge is 2.26. The highest BCUT2D eigenvalue weighted by molar-refractivity contribution is 6.05. The molecule has 1 N–H and O–H groups in total. The van der Waals surface area contributed by atoms with Crippen LogP contribution in [0.1, 0.15) is 29.6 Å². The zero-order chi connectivity index (χ0) is 17.9. The summed E-state index contributed by atoms with van der Waals surface area (Å²) in [6, 6.07) is 5.67. The second-order valence-corrected chi connectivity index (χ2v) is 7.15. The third-order valence-electron chi connectivity index (χ3n) is 5.43. The maximum Gasteiger partial charge on any atom is 0.256 e. The predicted octanol–water partition coefficient (Wildman–Crippen LogP) is 1.33. The molecule has 0 saturated carbocycles. The van der Waals surface area contributed by atoms with Crippen LogP contribution in [0.2, 0.25) is 0 Å². The summed E-state index contributed by atoms with van der Waals surface area (Å²) >= 11 is 0. The maximum atomic E-state index is 12.9. The first-order valence-corrected chi connectivity index (χ1v) is 9.44. The Morgan fingerprint density at radius 2 is 1.73 bits per heavy atom. The van der Waals surface area contributed by atoms with E-state index in [2.05, 4.69) is 15.1 Å². The molecule has 0 aliphatic carbocycles. The fourth-order valence-corrected chi connectivity index (χ4v) is 3.86. The van der Waals surface area contributed by atoms with Gasteiger partial charge in [0.05, 0.1) is 23.8 Å². The third kappa shape index (κ3) is 3.44. The molecule has 2 aromatic rings. The topological polar surface area (TPSA) is 72.5 Å². The van der Waals surface area contributed by atoms with Crippen molar-refractivity contribution in [1.29, 1.82) is 0 Å². The van der Waals surface area contributed by atoms with Crippen molar-refractivity contribution in [2.75, 3.05) is 45.8 Å². The maximum absolute atomic E-state index is 12.9. The molecule has 26 heavy (non-hydrogen) atoms. The number of carbonyl (C=O) groups excluding carboxylic acids is 2. The van der Waals surface area contributed by atoms with Crippen LogP contribution < -0.4 is 0 Å². The Morgan fingerprint density at radius 3 is 2.50 bits per heavy atom. The molecule has 0 unspecified atom stereocenters. The number of hydrogen-bond donors (Lipinski definition) is 1. The lowest BCUT2D eigenvalue weighted by Crippen LogP contribution is -2.52. The van der Waals surface area contributed by atoms with Gasteiger partial charge in [0.25, 0.3) is 5.91 Å². The van der Waals surface area contributed by atoms with Crippen LogP contribution in [-0.4, -0.2) is 82.5 Å². The molecular formula is C19H25N5O2. The van der Waals surface area contributed by atoms with Crippen molar-refractivity contribution in [2.45, 2.75) is 19.3 Å². The zero-order valence-electron chi connectivity index (χ0n) is 15.0. The van der Waals surface area contributed by atoms with Crippen LogP contribution in [-0.2, 0) is 4.79 Å². The van der Waals surface area contributed by atoms with E-state index in [1.54, 1.807) is 6.20 Å². The quantitative estimate of drug-likeness (QED) is 0.902. The SMILES string of the molecule is O=C(CN1CCN(C(=O)c2cccc3cn[nH]c23)CC1)N1CCCCC1. The van der Waals surface area contributed by atoms with Crippen LogP contribution in [0.25, 0.3) is 10.9 Å². The van der Waals surface area contributed by atoms with Gasteiger partial charge in [-0.1, -0.05) is 12.1 Å². The molecule has 0 radical (unpaired) electrons. The van der Waals surface area contributed by atoms with Gasteiger partial charge in [0.15, 0.2) is 0 Å². The Labute approximate surface area is 152 Å². The summed E-state index contributed by atoms with van der Waals surface area (Å²) in [5, 5.41) is 7.90. The lowest BCUT2D eigenvalue weighted by molar-refractivity contribution is -0.133. The van der Waals surface area contributed by atoms with E-state index in [0.29, 0.717) is 25.2 Å². The Bertz CT molecular complexity index is 788. The van der Waals surface area contributed by atoms with E-state index in [1.165, 1.54) is 6.42 Å². The molecule has 0 bridgehead atoms. The molecule has 2 aliphatic heterocycles. The number of fused-ring (bicyclic) bond motifs is 1. The molecule has 2 aliphatic rings. The number of nitrogens with zero attached hydrogens (tertiary/aromatic N) is 4. The molecule has 1 aromatic heterocycles. The van der Waals surface area contributed by atoms with Crippen molar-refractivity contribution in [3.8, 4) is 0 Å². The number of amides is 2. The Balaban J connectivity index is 1.34. The molecule has 3 heterocycles. The number of hydrogen-bond acceptors (Lipinski definition) is 4. The first kappa shape index (κ1) is 17.0. The summed E-state index contributed by atoms with van der Waals surface area (Å²) in [5.74, 6) is 0.258. The number of aromatic nitrogens is 2. The number of rotatable bonds is 3. The standard InChI is InChI=1S/C19H25N5O2/c25-17(23-7-2-1-3-8-23)14-22-9-11-24(12-10-22)19(26)16-6-4-5-15-13-20-21-18(15)16/h4-6,13H,1-3,7-12,14H2,(H,20,21). The summed E-state index contributed by atoms with van der Waals surface area (Å²) < 4.78 is 0. The number of H-pyrrole nitrogens is 1. The molecule has 4 rings (SSSR count). The fraction of sp³-hybridized carbons (Fsp3) is 0.526. The lowest BCUT2D eigenvalue weighted by atomic mass is 10.1. The van der Waals surface area contributed by atoms with Gasteiger partial charge in [0.2, 0.25) is 5.91 Å². The number of carbonyl (C=O) groups is 2. The highest BCUT2D eigenvalue weighted by atomic mass is 16.2. The van der Waals surface area contributed by atoms with E-state index < -0.39 is 0 Å². The summed E-state index contributed by atoms with van der Waals surface area (Å²) in [7, 11) is 0. The van der Waals surface area contributed by atoms with E-state index in [1.807, 2.05) is 28.0 Å². The van der Waals surface area contributed by atoms with Crippen LogP contribution in [0.5, 0.6) is 0 Å². The average Bonchev–Trinajstić information content (AvgIpc) is 3.17. The third-order valence-corrected chi connectivity index (χ3v) is 5.43. The van der Waals surface area contributed by atoms with Crippen LogP contribution in [0.3, 0.4) is 0 Å². The predicted molar refractivity (Wildman–Crippen MR) is 98.9 cm³/mol. The molecule has 138 valence electrons. The zero-order valence-corrected chi connectivity index (χ0v) is 15.0. The molecule has 0 spiro atoms. The van der Waals surface area contributed by atoms with Gasteiger partial charge in [-0.3, -0.25) is 19.6 Å². The number of likely N-dealkylation sites (tertiary alicyclic amines) is 1. The van der Waals surface area contributed by atoms with Gasteiger partial charge in [-0.25, -0.2) is 0 Å². The fourth-order valence-electron chi connectivity index (χ4n) is 3.86. The van der Waals surface area contributed by atoms with Gasteiger partial charge in [-0.15, -0.1) is 0 Å². The van der Waals surface area contributed by atoms with Gasteiger partial charge < -0.3 is 9.80 Å². The van der Waals surface area contributed by atoms with Crippen molar-refractivity contribution in [1.82, 2.24) is 24.9 Å². The minimum absolute atomic E-state index is 0.0295. The summed E-state index contributed by atoms with van der Waals surface area (Å²) in [5.41, 5.74) is 1.46. The van der Waals surface area contributed by atoms with E-state index in [0.717, 1.165) is 49.9 Å². The van der Waals surface area contributed by atoms with Crippen molar-refractivity contribution < 1.29 is 9.59 Å². The van der Waals surface area contributed by atoms with Crippen molar-refractivity contribution in [3.05, 3.63) is 30.0 Å². The molecule has 0 atom stereocenters. The number of piperazine rings is 1. The van der Waals surface area contributed by atoms with Gasteiger partial charge in [-0.2, -0.15) is 5.10 Å². The van der Waals surface area contributed by atoms with Crippen molar-refractivity contribution >= 4 is 22.7 Å². The molecule has 1 aromatic carbocycles. The number of aromatic amines is 1. The Kier molecular flexibility index (Phi) is 4.88. The van der Waals surface area contributed by atoms with Crippen LogP contribution in [0, 0.1) is 0 Å². The minimum Gasteiger partial charge on any atom is -0.342 e. The highest BCUT2D eigenvalue weighted by Crippen LogP contribution is 2.18. The number of piperidine rings is 1. The summed E-state index contributed by atoms with van der Waals surface area (Å²) in [4.78, 5) is 31.3. The first-order valence-electron chi connectivity index (χ1n) is 9.44. The number of nitrogens with one attached hydrogen (secondary N) is 1. The smallest absolute Gasteiger partial charge is 0.256 e. The molecule has 2 amide bonds. The van der Waals surface area contributed by atoms with Crippen LogP contribution in [0.15, 0.2) is 24.4 Å². The van der Waals surface area contributed by atoms with E-state index in [9.17, 15) is 9.59 Å². The van der Waals surface area contributed by atoms with Crippen LogP contribution in [0.4, 0.5) is 0 Å². The second kappa shape index (κ2) is 7.45. The Hall–Kier alpha value is -2.41. The summed E-state index contributed by atoms with van der Waals surface area (Å²) in [6.07, 6.45) is 5.20. The van der Waals surface area contributed by atoms with E-state index >= 15 is 0 Å². The molecular weight excluding hydrogens is 330 g/mol.